The number of hydrogen-bond acceptors (Lipinski definition) is 1. The molecule has 0 N–H and O–H groups in total. The molecule has 2 heteroatoms. The number of rotatable bonds is 5. The molecule has 0 fully saturated rings. The molecule has 1 aromatic rings. The highest BCUT2D eigenvalue weighted by Gasteiger charge is 1.97. The molecular weight excluding hydrogens is 335 g/mol. The van der Waals surface area contributed by atoms with E-state index < -0.39 is 0 Å². The molecule has 0 aliphatic heterocycles. The van der Waals surface area contributed by atoms with Crippen molar-refractivity contribution >= 4 is 34.5 Å². The highest BCUT2D eigenvalue weighted by molar-refractivity contribution is 14.1. The smallest absolute Gasteiger partial charge is 0.181 e. The summed E-state index contributed by atoms with van der Waals surface area (Å²) in [6.07, 6.45) is 10.5. The van der Waals surface area contributed by atoms with Gasteiger partial charge in [0, 0.05) is 3.57 Å². The van der Waals surface area contributed by atoms with Crippen LogP contribution in [-0.4, -0.2) is 5.78 Å². The van der Waals surface area contributed by atoms with Crippen LogP contribution in [0.25, 0.3) is 6.08 Å². The molecule has 1 aromatic carbocycles. The first kappa shape index (κ1) is 14.6. The maximum Gasteiger partial charge on any atom is 0.181 e. The minimum atomic E-state index is 0.0160. The second kappa shape index (κ2) is 7.82. The van der Waals surface area contributed by atoms with Gasteiger partial charge in [-0.05, 0) is 58.9 Å². The van der Waals surface area contributed by atoms with Crippen molar-refractivity contribution in [2.75, 3.05) is 0 Å². The SMILES string of the molecule is C=C/C=C\C=C(/C)C(=O)/C=C/c1ccc(I)cc1. The van der Waals surface area contributed by atoms with Crippen LogP contribution in [0.4, 0.5) is 0 Å². The van der Waals surface area contributed by atoms with E-state index in [1.54, 1.807) is 37.3 Å². The molecular formula is C16H15IO. The van der Waals surface area contributed by atoms with E-state index in [1.165, 1.54) is 3.57 Å². The summed E-state index contributed by atoms with van der Waals surface area (Å²) < 4.78 is 1.18. The van der Waals surface area contributed by atoms with Crippen molar-refractivity contribution in [3.05, 3.63) is 75.9 Å². The third-order valence-electron chi connectivity index (χ3n) is 2.28. The number of carbonyl (C=O) groups is 1. The molecule has 0 radical (unpaired) electrons. The predicted octanol–water partition coefficient (Wildman–Crippen LogP) is 4.56. The fourth-order valence-corrected chi connectivity index (χ4v) is 1.60. The quantitative estimate of drug-likeness (QED) is 0.432. The number of halogens is 1. The van der Waals surface area contributed by atoms with Crippen molar-refractivity contribution < 1.29 is 4.79 Å². The van der Waals surface area contributed by atoms with Crippen LogP contribution >= 0.6 is 22.6 Å². The lowest BCUT2D eigenvalue weighted by atomic mass is 10.1. The first-order valence-electron chi connectivity index (χ1n) is 5.57. The van der Waals surface area contributed by atoms with Crippen LogP contribution in [0.2, 0.25) is 0 Å². The third-order valence-corrected chi connectivity index (χ3v) is 3.00. The number of hydrogen-bond donors (Lipinski definition) is 0. The summed E-state index contributed by atoms with van der Waals surface area (Å²) in [7, 11) is 0. The topological polar surface area (TPSA) is 17.1 Å². The Kier molecular flexibility index (Phi) is 6.36. The molecule has 18 heavy (non-hydrogen) atoms. The zero-order valence-electron chi connectivity index (χ0n) is 10.3. The lowest BCUT2D eigenvalue weighted by Crippen LogP contribution is -1.93. The minimum absolute atomic E-state index is 0.0160. The molecule has 0 spiro atoms. The molecule has 0 atom stereocenters. The Morgan fingerprint density at radius 2 is 1.89 bits per heavy atom. The molecule has 0 aliphatic carbocycles. The largest absolute Gasteiger partial charge is 0.290 e. The average Bonchev–Trinajstić information content (AvgIpc) is 2.38. The maximum absolute atomic E-state index is 11.8. The van der Waals surface area contributed by atoms with Gasteiger partial charge in [0.2, 0.25) is 0 Å². The molecule has 0 saturated carbocycles. The zero-order valence-corrected chi connectivity index (χ0v) is 12.4. The van der Waals surface area contributed by atoms with E-state index in [-0.39, 0.29) is 5.78 Å². The lowest BCUT2D eigenvalue weighted by Gasteiger charge is -1.95. The molecule has 0 heterocycles. The summed E-state index contributed by atoms with van der Waals surface area (Å²) in [5.74, 6) is 0.0160. The van der Waals surface area contributed by atoms with Crippen LogP contribution in [-0.2, 0) is 4.79 Å². The van der Waals surface area contributed by atoms with E-state index >= 15 is 0 Å². The van der Waals surface area contributed by atoms with Gasteiger partial charge in [-0.25, -0.2) is 0 Å². The van der Waals surface area contributed by atoms with E-state index in [4.69, 9.17) is 0 Å². The summed E-state index contributed by atoms with van der Waals surface area (Å²) in [6, 6.07) is 8.00. The second-order valence-electron chi connectivity index (χ2n) is 3.72. The van der Waals surface area contributed by atoms with Gasteiger partial charge in [0.25, 0.3) is 0 Å². The Morgan fingerprint density at radius 3 is 2.50 bits per heavy atom. The number of benzene rings is 1. The zero-order chi connectivity index (χ0) is 13.4. The van der Waals surface area contributed by atoms with E-state index in [9.17, 15) is 4.79 Å². The Balaban J connectivity index is 2.69. The summed E-state index contributed by atoms with van der Waals surface area (Å²) in [6.45, 7) is 5.37. The van der Waals surface area contributed by atoms with E-state index in [0.29, 0.717) is 5.57 Å². The van der Waals surface area contributed by atoms with Crippen molar-refractivity contribution in [2.45, 2.75) is 6.92 Å². The van der Waals surface area contributed by atoms with Crippen molar-refractivity contribution in [3.8, 4) is 0 Å². The van der Waals surface area contributed by atoms with Crippen LogP contribution in [0.1, 0.15) is 12.5 Å². The fourth-order valence-electron chi connectivity index (χ4n) is 1.24. The Hall–Kier alpha value is -1.42. The molecule has 0 aromatic heterocycles. The summed E-state index contributed by atoms with van der Waals surface area (Å²) in [4.78, 5) is 11.8. The maximum atomic E-state index is 11.8. The van der Waals surface area contributed by atoms with Gasteiger partial charge in [-0.2, -0.15) is 0 Å². The Bertz CT molecular complexity index is 504. The van der Waals surface area contributed by atoms with Gasteiger partial charge in [0.05, 0.1) is 0 Å². The van der Waals surface area contributed by atoms with Crippen molar-refractivity contribution in [1.82, 2.24) is 0 Å². The number of ketones is 1. The highest BCUT2D eigenvalue weighted by atomic mass is 127. The number of carbonyl (C=O) groups excluding carboxylic acids is 1. The van der Waals surface area contributed by atoms with Crippen molar-refractivity contribution in [2.24, 2.45) is 0 Å². The molecule has 0 saturated heterocycles. The van der Waals surface area contributed by atoms with Gasteiger partial charge in [0.15, 0.2) is 5.78 Å². The lowest BCUT2D eigenvalue weighted by molar-refractivity contribution is -0.111. The fraction of sp³-hybridized carbons (Fsp3) is 0.0625. The molecule has 0 amide bonds. The Morgan fingerprint density at radius 1 is 1.22 bits per heavy atom. The minimum Gasteiger partial charge on any atom is -0.290 e. The van der Waals surface area contributed by atoms with Crippen LogP contribution < -0.4 is 0 Å². The van der Waals surface area contributed by atoms with Crippen molar-refractivity contribution in [1.29, 1.82) is 0 Å². The van der Waals surface area contributed by atoms with Crippen LogP contribution in [0.15, 0.2) is 66.8 Å². The summed E-state index contributed by atoms with van der Waals surface area (Å²) in [5.41, 5.74) is 1.73. The van der Waals surface area contributed by atoms with Gasteiger partial charge >= 0.3 is 0 Å². The summed E-state index contributed by atoms with van der Waals surface area (Å²) in [5, 5.41) is 0. The molecule has 0 aliphatic rings. The normalized spacial score (nSPS) is 12.2. The molecule has 0 unspecified atom stereocenters. The van der Waals surface area contributed by atoms with E-state index in [2.05, 4.69) is 29.2 Å². The number of allylic oxidation sites excluding steroid dienone is 6. The van der Waals surface area contributed by atoms with Crippen molar-refractivity contribution in [3.63, 3.8) is 0 Å². The van der Waals surface area contributed by atoms with Crippen LogP contribution in [0, 0.1) is 3.57 Å². The molecule has 1 rings (SSSR count). The average molecular weight is 350 g/mol. The Labute approximate surface area is 122 Å². The highest BCUT2D eigenvalue weighted by Crippen LogP contribution is 2.09. The predicted molar refractivity (Wildman–Crippen MR) is 86.3 cm³/mol. The van der Waals surface area contributed by atoms with Gasteiger partial charge in [-0.3, -0.25) is 4.79 Å². The standard InChI is InChI=1S/C16H15IO/c1-3-4-5-6-13(2)16(18)12-9-14-7-10-15(17)11-8-14/h3-12H,1H2,2H3/b5-4-,12-9+,13-6+. The molecule has 92 valence electrons. The first-order valence-corrected chi connectivity index (χ1v) is 6.65. The van der Waals surface area contributed by atoms with E-state index in [1.807, 2.05) is 30.3 Å². The van der Waals surface area contributed by atoms with Crippen LogP contribution in [0.3, 0.4) is 0 Å². The second-order valence-corrected chi connectivity index (χ2v) is 4.97. The van der Waals surface area contributed by atoms with Gasteiger partial charge in [-0.1, -0.05) is 49.1 Å². The van der Waals surface area contributed by atoms with Gasteiger partial charge < -0.3 is 0 Å². The summed E-state index contributed by atoms with van der Waals surface area (Å²) >= 11 is 2.25. The van der Waals surface area contributed by atoms with Crippen LogP contribution in [0.5, 0.6) is 0 Å². The molecule has 0 bridgehead atoms. The monoisotopic (exact) mass is 350 g/mol. The van der Waals surface area contributed by atoms with E-state index in [0.717, 1.165) is 5.56 Å². The first-order chi connectivity index (χ1) is 8.63. The molecule has 1 nitrogen and oxygen atoms in total. The van der Waals surface area contributed by atoms with Gasteiger partial charge in [0.1, 0.15) is 0 Å². The third kappa shape index (κ3) is 5.27. The van der Waals surface area contributed by atoms with Gasteiger partial charge in [-0.15, -0.1) is 0 Å².